The minimum Gasteiger partial charge on any atom is -0.507 e. The number of anilines is 1. The van der Waals surface area contributed by atoms with Gasteiger partial charge in [0.15, 0.2) is 11.0 Å². The predicted octanol–water partition coefficient (Wildman–Crippen LogP) is 4.79. The molecule has 2 aliphatic heterocycles. The quantitative estimate of drug-likeness (QED) is 0.538. The van der Waals surface area contributed by atoms with Gasteiger partial charge in [0.2, 0.25) is 0 Å². The largest absolute Gasteiger partial charge is 0.507 e. The van der Waals surface area contributed by atoms with E-state index in [-0.39, 0.29) is 0 Å². The summed E-state index contributed by atoms with van der Waals surface area (Å²) in [6.07, 6.45) is 4.96. The Hall–Kier alpha value is -2.41. The summed E-state index contributed by atoms with van der Waals surface area (Å²) in [5.74, 6) is 1.18. The molecule has 1 aromatic heterocycles. The number of aromatic nitrogens is 2. The number of nitrogens with zero attached hydrogens (tertiary/aromatic N) is 4. The number of hydrogen-bond acceptors (Lipinski definition) is 6. The highest BCUT2D eigenvalue weighted by Crippen LogP contribution is 2.30. The monoisotopic (exact) mass is 451 g/mol. The number of benzene rings is 2. The maximum Gasteiger partial charge on any atom is 0.159 e. The third kappa shape index (κ3) is 4.68. The van der Waals surface area contributed by atoms with Crippen LogP contribution >= 0.6 is 11.6 Å². The highest BCUT2D eigenvalue weighted by Gasteiger charge is 2.19. The van der Waals surface area contributed by atoms with Crippen LogP contribution in [-0.2, 0) is 19.6 Å². The van der Waals surface area contributed by atoms with Crippen LogP contribution in [0.5, 0.6) is 5.75 Å². The molecule has 0 spiro atoms. The molecule has 3 heterocycles. The van der Waals surface area contributed by atoms with Crippen LogP contribution in [0.15, 0.2) is 36.4 Å². The first-order valence-corrected chi connectivity index (χ1v) is 12.0. The third-order valence-electron chi connectivity index (χ3n) is 6.62. The van der Waals surface area contributed by atoms with Gasteiger partial charge in [0.25, 0.3) is 0 Å². The molecule has 2 aliphatic rings. The number of hydrogen-bond donors (Lipinski definition) is 2. The fourth-order valence-electron chi connectivity index (χ4n) is 4.93. The molecule has 168 valence electrons. The lowest BCUT2D eigenvalue weighted by Crippen LogP contribution is -2.21. The fourth-order valence-corrected chi connectivity index (χ4v) is 5.13. The summed E-state index contributed by atoms with van der Waals surface area (Å²) in [4.78, 5) is 4.87. The van der Waals surface area contributed by atoms with Crippen molar-refractivity contribution in [1.82, 2.24) is 20.0 Å². The molecule has 0 bridgehead atoms. The molecule has 0 unspecified atom stereocenters. The van der Waals surface area contributed by atoms with E-state index >= 15 is 0 Å². The molecule has 0 atom stereocenters. The lowest BCUT2D eigenvalue weighted by Gasteiger charge is -2.21. The van der Waals surface area contributed by atoms with Crippen LogP contribution in [0.2, 0.25) is 5.15 Å². The Bertz CT molecular complexity index is 1050. The van der Waals surface area contributed by atoms with Crippen molar-refractivity contribution in [2.24, 2.45) is 0 Å². The maximum absolute atomic E-state index is 11.1. The standard InChI is InChI=1S/C25H30ClN5O/c26-24-21-7-1-2-8-22(21)25(29-28-24)27-15-18-13-19(16-30-9-3-4-10-30)23(32)20(14-18)17-31-11-5-6-12-31/h1-2,7-8,13-14,32H,3-6,9-12,15-17H2,(H,27,29). The van der Waals surface area contributed by atoms with Gasteiger partial charge in [0.05, 0.1) is 0 Å². The summed E-state index contributed by atoms with van der Waals surface area (Å²) in [7, 11) is 0. The fraction of sp³-hybridized carbons (Fsp3) is 0.440. The molecule has 7 heteroatoms. The first-order chi connectivity index (χ1) is 15.7. The number of rotatable bonds is 7. The van der Waals surface area contributed by atoms with Crippen molar-refractivity contribution in [2.75, 3.05) is 31.5 Å². The van der Waals surface area contributed by atoms with Gasteiger partial charge in [-0.15, -0.1) is 10.2 Å². The van der Waals surface area contributed by atoms with Crippen LogP contribution in [0, 0.1) is 0 Å². The first kappa shape index (κ1) is 21.4. The molecule has 2 saturated heterocycles. The predicted molar refractivity (Wildman–Crippen MR) is 129 cm³/mol. The lowest BCUT2D eigenvalue weighted by molar-refractivity contribution is 0.312. The number of likely N-dealkylation sites (tertiary alicyclic amines) is 2. The van der Waals surface area contributed by atoms with E-state index in [0.29, 0.717) is 17.4 Å². The molecule has 0 amide bonds. The molecule has 6 nitrogen and oxygen atoms in total. The van der Waals surface area contributed by atoms with Gasteiger partial charge in [0, 0.05) is 41.5 Å². The van der Waals surface area contributed by atoms with E-state index in [2.05, 4.69) is 37.4 Å². The Morgan fingerprint density at radius 1 is 0.844 bits per heavy atom. The molecule has 5 rings (SSSR count). The van der Waals surface area contributed by atoms with Crippen molar-refractivity contribution in [2.45, 2.75) is 45.3 Å². The van der Waals surface area contributed by atoms with Crippen molar-refractivity contribution < 1.29 is 5.11 Å². The Labute approximate surface area is 194 Å². The number of phenolic OH excluding ortho intramolecular Hbond substituents is 1. The maximum atomic E-state index is 11.1. The molecule has 0 saturated carbocycles. The van der Waals surface area contributed by atoms with Crippen molar-refractivity contribution in [3.05, 3.63) is 58.2 Å². The van der Waals surface area contributed by atoms with E-state index in [1.165, 1.54) is 25.7 Å². The van der Waals surface area contributed by atoms with Crippen molar-refractivity contribution in [3.63, 3.8) is 0 Å². The smallest absolute Gasteiger partial charge is 0.159 e. The Balaban J connectivity index is 1.41. The summed E-state index contributed by atoms with van der Waals surface area (Å²) >= 11 is 6.23. The van der Waals surface area contributed by atoms with Crippen molar-refractivity contribution in [3.8, 4) is 5.75 Å². The number of nitrogens with one attached hydrogen (secondary N) is 1. The zero-order valence-corrected chi connectivity index (χ0v) is 19.1. The zero-order valence-electron chi connectivity index (χ0n) is 18.4. The van der Waals surface area contributed by atoms with Crippen molar-refractivity contribution >= 4 is 28.2 Å². The Morgan fingerprint density at radius 2 is 1.41 bits per heavy atom. The van der Waals surface area contributed by atoms with Crippen LogP contribution in [0.1, 0.15) is 42.4 Å². The molecule has 32 heavy (non-hydrogen) atoms. The van der Waals surface area contributed by atoms with Gasteiger partial charge in [-0.05, 0) is 69.6 Å². The van der Waals surface area contributed by atoms with E-state index in [9.17, 15) is 5.11 Å². The van der Waals surface area contributed by atoms with Gasteiger partial charge in [-0.25, -0.2) is 0 Å². The lowest BCUT2D eigenvalue weighted by atomic mass is 10.0. The van der Waals surface area contributed by atoms with Crippen molar-refractivity contribution in [1.29, 1.82) is 0 Å². The van der Waals surface area contributed by atoms with E-state index in [1.807, 2.05) is 24.3 Å². The molecule has 0 radical (unpaired) electrons. The van der Waals surface area contributed by atoms with E-state index in [1.54, 1.807) is 0 Å². The number of aromatic hydroxyl groups is 1. The van der Waals surface area contributed by atoms with Gasteiger partial charge < -0.3 is 10.4 Å². The Kier molecular flexibility index (Phi) is 6.44. The van der Waals surface area contributed by atoms with E-state index in [0.717, 1.165) is 72.5 Å². The summed E-state index contributed by atoms with van der Waals surface area (Å²) in [6.45, 7) is 6.64. The molecule has 3 aromatic rings. The van der Waals surface area contributed by atoms with Gasteiger partial charge in [-0.3, -0.25) is 9.80 Å². The topological polar surface area (TPSA) is 64.5 Å². The second-order valence-electron chi connectivity index (χ2n) is 8.97. The van der Waals surface area contributed by atoms with E-state index < -0.39 is 0 Å². The van der Waals surface area contributed by atoms with Gasteiger partial charge in [-0.2, -0.15) is 0 Å². The van der Waals surface area contributed by atoms with E-state index in [4.69, 9.17) is 11.6 Å². The third-order valence-corrected chi connectivity index (χ3v) is 6.89. The molecule has 2 fully saturated rings. The molecular formula is C25H30ClN5O. The Morgan fingerprint density at radius 3 is 2.00 bits per heavy atom. The number of halogens is 1. The molecule has 0 aliphatic carbocycles. The second kappa shape index (κ2) is 9.61. The van der Waals surface area contributed by atoms with Crippen LogP contribution in [-0.4, -0.2) is 51.3 Å². The van der Waals surface area contributed by atoms with Crippen LogP contribution < -0.4 is 5.32 Å². The SMILES string of the molecule is Oc1c(CN2CCCC2)cc(CNc2nnc(Cl)c3ccccc23)cc1CN1CCCC1. The second-order valence-corrected chi connectivity index (χ2v) is 9.33. The molecular weight excluding hydrogens is 422 g/mol. The van der Waals surface area contributed by atoms with Gasteiger partial charge in [-0.1, -0.05) is 35.9 Å². The average molecular weight is 452 g/mol. The highest BCUT2D eigenvalue weighted by atomic mass is 35.5. The van der Waals surface area contributed by atoms with Crippen LogP contribution in [0.4, 0.5) is 5.82 Å². The minimum absolute atomic E-state index is 0.414. The minimum atomic E-state index is 0.414. The summed E-state index contributed by atoms with van der Waals surface area (Å²) in [5.41, 5.74) is 3.19. The molecule has 2 aromatic carbocycles. The average Bonchev–Trinajstić information content (AvgIpc) is 3.51. The zero-order chi connectivity index (χ0) is 21.9. The van der Waals surface area contributed by atoms with Gasteiger partial charge in [0.1, 0.15) is 5.75 Å². The van der Waals surface area contributed by atoms with Crippen LogP contribution in [0.3, 0.4) is 0 Å². The normalized spacial score (nSPS) is 17.4. The summed E-state index contributed by atoms with van der Waals surface area (Å²) in [6, 6.07) is 12.2. The van der Waals surface area contributed by atoms with Crippen LogP contribution in [0.25, 0.3) is 10.8 Å². The number of phenols is 1. The highest BCUT2D eigenvalue weighted by molar-refractivity contribution is 6.34. The van der Waals surface area contributed by atoms with Gasteiger partial charge >= 0.3 is 0 Å². The summed E-state index contributed by atoms with van der Waals surface area (Å²) < 4.78 is 0. The number of fused-ring (bicyclic) bond motifs is 1. The molecule has 2 N–H and O–H groups in total. The first-order valence-electron chi connectivity index (χ1n) is 11.6. The summed E-state index contributed by atoms with van der Waals surface area (Å²) in [5, 5.41) is 25.2.